The van der Waals surface area contributed by atoms with Gasteiger partial charge < -0.3 is 4.74 Å². The first-order chi connectivity index (χ1) is 5.18. The van der Waals surface area contributed by atoms with Gasteiger partial charge in [-0.3, -0.25) is 0 Å². The zero-order valence-corrected chi connectivity index (χ0v) is 6.10. The summed E-state index contributed by atoms with van der Waals surface area (Å²) in [4.78, 5) is 0. The molecule has 0 heterocycles. The van der Waals surface area contributed by atoms with Crippen LogP contribution in [0.5, 0.6) is 0 Å². The lowest BCUT2D eigenvalue weighted by molar-refractivity contribution is -0.171. The van der Waals surface area contributed by atoms with Gasteiger partial charge in [0, 0.05) is 0 Å². The smallest absolute Gasteiger partial charge is 0.320 e. The van der Waals surface area contributed by atoms with E-state index in [1.165, 1.54) is 0 Å². The number of hydrogen-bond donors (Lipinski definition) is 0. The molecule has 1 aliphatic carbocycles. The Morgan fingerprint density at radius 1 is 1.09 bits per heavy atom. The van der Waals surface area contributed by atoms with E-state index in [-0.39, 0.29) is 0 Å². The van der Waals surface area contributed by atoms with Gasteiger partial charge in [0.15, 0.2) is 0 Å². The Bertz CT molecular complexity index is 110. The third-order valence-electron chi connectivity index (χ3n) is 1.90. The van der Waals surface area contributed by atoms with Crippen molar-refractivity contribution in [3.63, 3.8) is 0 Å². The summed E-state index contributed by atoms with van der Waals surface area (Å²) in [6.45, 7) is -2.71. The van der Waals surface area contributed by atoms with Crippen molar-refractivity contribution in [1.82, 2.24) is 0 Å². The van der Waals surface area contributed by atoms with E-state index in [1.54, 1.807) is 0 Å². The molecule has 0 unspecified atom stereocenters. The second-order valence-electron chi connectivity index (χ2n) is 2.77. The Hall–Kier alpha value is -0.250. The molecule has 0 aromatic rings. The number of halogens is 3. The summed E-state index contributed by atoms with van der Waals surface area (Å²) in [5.41, 5.74) is 0. The number of hydrogen-bond acceptors (Lipinski definition) is 1. The quantitative estimate of drug-likeness (QED) is 0.615. The van der Waals surface area contributed by atoms with Gasteiger partial charge in [-0.2, -0.15) is 8.78 Å². The highest BCUT2D eigenvalue weighted by Gasteiger charge is 2.23. The second kappa shape index (κ2) is 3.95. The molecule has 4 heteroatoms. The minimum absolute atomic E-state index is 0.359. The van der Waals surface area contributed by atoms with Crippen LogP contribution in [-0.4, -0.2) is 18.9 Å². The molecule has 0 radical (unpaired) electrons. The van der Waals surface area contributed by atoms with Crippen molar-refractivity contribution in [3.05, 3.63) is 0 Å². The predicted octanol–water partition coefficient (Wildman–Crippen LogP) is 2.51. The fourth-order valence-electron chi connectivity index (χ4n) is 1.30. The van der Waals surface area contributed by atoms with Crippen LogP contribution in [0, 0.1) is 0 Å². The fraction of sp³-hybridized carbons (Fsp3) is 1.00. The Labute approximate surface area is 63.5 Å². The molecule has 1 saturated carbocycles. The average molecular weight is 168 g/mol. The summed E-state index contributed by atoms with van der Waals surface area (Å²) in [5, 5.41) is 0. The molecule has 1 aliphatic rings. The predicted molar refractivity (Wildman–Crippen MR) is 34.2 cm³/mol. The van der Waals surface area contributed by atoms with Crippen LogP contribution in [0.4, 0.5) is 13.2 Å². The lowest BCUT2D eigenvalue weighted by atomic mass is 9.96. The van der Waals surface area contributed by atoms with Gasteiger partial charge >= 0.3 is 6.61 Å². The van der Waals surface area contributed by atoms with Crippen LogP contribution in [0.15, 0.2) is 0 Å². The SMILES string of the molecule is FC1CCC(OC(F)F)CC1. The molecule has 0 aliphatic heterocycles. The van der Waals surface area contributed by atoms with E-state index in [2.05, 4.69) is 4.74 Å². The molecule has 0 saturated heterocycles. The standard InChI is InChI=1S/C7H11F3O/c8-5-1-3-6(4-2-5)11-7(9)10/h5-7H,1-4H2. The largest absolute Gasteiger partial charge is 0.345 e. The minimum Gasteiger partial charge on any atom is -0.320 e. The first kappa shape index (κ1) is 8.84. The fourth-order valence-corrected chi connectivity index (χ4v) is 1.30. The molecule has 0 bridgehead atoms. The normalized spacial score (nSPS) is 32.7. The number of rotatable bonds is 2. The van der Waals surface area contributed by atoms with Crippen LogP contribution in [0.3, 0.4) is 0 Å². The second-order valence-corrected chi connectivity index (χ2v) is 2.77. The summed E-state index contributed by atoms with van der Waals surface area (Å²) in [5.74, 6) is 0. The van der Waals surface area contributed by atoms with Gasteiger partial charge in [-0.15, -0.1) is 0 Å². The summed E-state index contributed by atoms with van der Waals surface area (Å²) >= 11 is 0. The Kier molecular flexibility index (Phi) is 3.17. The van der Waals surface area contributed by atoms with Crippen molar-refractivity contribution in [2.45, 2.75) is 44.6 Å². The maximum absolute atomic E-state index is 12.5. The van der Waals surface area contributed by atoms with Crippen LogP contribution in [0.25, 0.3) is 0 Å². The molecule has 0 N–H and O–H groups in total. The van der Waals surface area contributed by atoms with Gasteiger partial charge in [-0.1, -0.05) is 0 Å². The molecule has 1 nitrogen and oxygen atoms in total. The van der Waals surface area contributed by atoms with E-state index in [9.17, 15) is 13.2 Å². The number of ether oxygens (including phenoxy) is 1. The van der Waals surface area contributed by atoms with Crippen LogP contribution in [0.2, 0.25) is 0 Å². The minimum atomic E-state index is -2.71. The highest BCUT2D eigenvalue weighted by Crippen LogP contribution is 2.24. The summed E-state index contributed by atoms with van der Waals surface area (Å²) in [6, 6.07) is 0. The first-order valence-electron chi connectivity index (χ1n) is 3.76. The molecule has 1 fully saturated rings. The van der Waals surface area contributed by atoms with Gasteiger partial charge in [-0.25, -0.2) is 4.39 Å². The zero-order valence-electron chi connectivity index (χ0n) is 6.10. The highest BCUT2D eigenvalue weighted by molar-refractivity contribution is 4.71. The average Bonchev–Trinajstić information content (AvgIpc) is 1.93. The maximum Gasteiger partial charge on any atom is 0.345 e. The van der Waals surface area contributed by atoms with Crippen molar-refractivity contribution in [2.24, 2.45) is 0 Å². The topological polar surface area (TPSA) is 9.23 Å². The molecule has 66 valence electrons. The van der Waals surface area contributed by atoms with Crippen molar-refractivity contribution in [2.75, 3.05) is 0 Å². The lowest BCUT2D eigenvalue weighted by Crippen LogP contribution is -2.24. The van der Waals surface area contributed by atoms with Gasteiger partial charge in [0.25, 0.3) is 0 Å². The van der Waals surface area contributed by atoms with E-state index in [1.807, 2.05) is 0 Å². The van der Waals surface area contributed by atoms with E-state index < -0.39 is 18.9 Å². The third kappa shape index (κ3) is 3.10. The zero-order chi connectivity index (χ0) is 8.27. The number of alkyl halides is 3. The van der Waals surface area contributed by atoms with Crippen molar-refractivity contribution >= 4 is 0 Å². The highest BCUT2D eigenvalue weighted by atomic mass is 19.3. The third-order valence-corrected chi connectivity index (χ3v) is 1.90. The van der Waals surface area contributed by atoms with Crippen molar-refractivity contribution in [3.8, 4) is 0 Å². The lowest BCUT2D eigenvalue weighted by Gasteiger charge is -2.23. The summed E-state index contributed by atoms with van der Waals surface area (Å²) < 4.78 is 39.9. The molecule has 0 aromatic heterocycles. The molecule has 0 atom stereocenters. The van der Waals surface area contributed by atoms with E-state index in [0.717, 1.165) is 0 Å². The Morgan fingerprint density at radius 2 is 1.64 bits per heavy atom. The van der Waals surface area contributed by atoms with Gasteiger partial charge in [0.1, 0.15) is 6.17 Å². The van der Waals surface area contributed by atoms with Crippen molar-refractivity contribution in [1.29, 1.82) is 0 Å². The summed E-state index contributed by atoms with van der Waals surface area (Å²) in [7, 11) is 0. The van der Waals surface area contributed by atoms with Crippen LogP contribution in [-0.2, 0) is 4.74 Å². The molecular formula is C7H11F3O. The molecule has 0 spiro atoms. The molecular weight excluding hydrogens is 157 g/mol. The van der Waals surface area contributed by atoms with Crippen LogP contribution < -0.4 is 0 Å². The van der Waals surface area contributed by atoms with Crippen molar-refractivity contribution < 1.29 is 17.9 Å². The summed E-state index contributed by atoms with van der Waals surface area (Å²) in [6.07, 6.45) is 0.320. The van der Waals surface area contributed by atoms with Gasteiger partial charge in [0.2, 0.25) is 0 Å². The molecule has 1 rings (SSSR count). The van der Waals surface area contributed by atoms with E-state index in [4.69, 9.17) is 0 Å². The first-order valence-corrected chi connectivity index (χ1v) is 3.76. The van der Waals surface area contributed by atoms with Crippen LogP contribution in [0.1, 0.15) is 25.7 Å². The monoisotopic (exact) mass is 168 g/mol. The maximum atomic E-state index is 12.5. The van der Waals surface area contributed by atoms with Gasteiger partial charge in [0.05, 0.1) is 6.10 Å². The molecule has 11 heavy (non-hydrogen) atoms. The molecule has 0 amide bonds. The van der Waals surface area contributed by atoms with Crippen LogP contribution >= 0.6 is 0 Å². The Balaban J connectivity index is 2.17. The van der Waals surface area contributed by atoms with E-state index in [0.29, 0.717) is 25.7 Å². The van der Waals surface area contributed by atoms with E-state index >= 15 is 0 Å². The van der Waals surface area contributed by atoms with Gasteiger partial charge in [-0.05, 0) is 25.7 Å². The Morgan fingerprint density at radius 3 is 2.09 bits per heavy atom. The molecule has 0 aromatic carbocycles.